The summed E-state index contributed by atoms with van der Waals surface area (Å²) >= 11 is 0. The molecule has 216 valence electrons. The third-order valence-electron chi connectivity index (χ3n) is 8.82. The first-order valence-electron chi connectivity index (χ1n) is 14.4. The largest absolute Gasteiger partial charge is 0.489 e. The summed E-state index contributed by atoms with van der Waals surface area (Å²) in [6.07, 6.45) is 1.78. The number of hydroxylamine groups is 1. The Bertz CT molecular complexity index is 1590. The summed E-state index contributed by atoms with van der Waals surface area (Å²) in [4.78, 5) is 35.0. The molecule has 1 aromatic heterocycles. The van der Waals surface area contributed by atoms with Gasteiger partial charge >= 0.3 is 0 Å². The van der Waals surface area contributed by atoms with E-state index in [1.54, 1.807) is 5.48 Å². The number of carbonyl (C=O) groups excluding carboxylic acids is 2. The Balaban J connectivity index is 1.17. The van der Waals surface area contributed by atoms with E-state index in [0.717, 1.165) is 45.5 Å². The number of ether oxygens (including phenoxy) is 1. The summed E-state index contributed by atoms with van der Waals surface area (Å²) in [6.45, 7) is 1.72. The average molecular weight is 565 g/mol. The Morgan fingerprint density at radius 1 is 1.05 bits per heavy atom. The van der Waals surface area contributed by atoms with Crippen LogP contribution in [0.1, 0.15) is 24.0 Å². The molecule has 2 N–H and O–H groups in total. The van der Waals surface area contributed by atoms with E-state index in [0.29, 0.717) is 38.6 Å². The van der Waals surface area contributed by atoms with Gasteiger partial charge in [-0.15, -0.1) is 0 Å². The molecular formula is C34H36N4O4. The summed E-state index contributed by atoms with van der Waals surface area (Å²) in [5.41, 5.74) is 5.81. The number of para-hydroxylation sites is 1. The Hall–Kier alpha value is -4.27. The van der Waals surface area contributed by atoms with Crippen molar-refractivity contribution < 1.29 is 19.5 Å². The normalized spacial score (nSPS) is 21.5. The quantitative estimate of drug-likeness (QED) is 0.226. The zero-order valence-corrected chi connectivity index (χ0v) is 24.0. The highest BCUT2D eigenvalue weighted by atomic mass is 16.5. The lowest BCUT2D eigenvalue weighted by Gasteiger charge is -2.25. The fourth-order valence-electron chi connectivity index (χ4n) is 6.25. The number of nitrogens with one attached hydrogen (secondary N) is 1. The van der Waals surface area contributed by atoms with E-state index < -0.39 is 17.2 Å². The predicted molar refractivity (Wildman–Crippen MR) is 161 cm³/mol. The van der Waals surface area contributed by atoms with Gasteiger partial charge in [0.15, 0.2) is 0 Å². The number of likely N-dealkylation sites (N-methyl/N-ethyl adjacent to an activating group) is 1. The van der Waals surface area contributed by atoms with Gasteiger partial charge in [-0.25, -0.2) is 10.5 Å². The molecule has 6 rings (SSSR count). The number of amides is 2. The van der Waals surface area contributed by atoms with E-state index in [1.807, 2.05) is 79.7 Å². The van der Waals surface area contributed by atoms with Crippen LogP contribution in [0.25, 0.3) is 22.2 Å². The highest BCUT2D eigenvalue weighted by molar-refractivity contribution is 5.96. The predicted octanol–water partition coefficient (Wildman–Crippen LogP) is 4.70. The van der Waals surface area contributed by atoms with Gasteiger partial charge in [-0.05, 0) is 63.2 Å². The third kappa shape index (κ3) is 5.47. The van der Waals surface area contributed by atoms with Crippen LogP contribution in [0.15, 0.2) is 84.9 Å². The molecule has 2 aliphatic rings. The van der Waals surface area contributed by atoms with Crippen LogP contribution in [0, 0.1) is 11.3 Å². The molecule has 42 heavy (non-hydrogen) atoms. The van der Waals surface area contributed by atoms with Gasteiger partial charge in [0.2, 0.25) is 11.8 Å². The highest BCUT2D eigenvalue weighted by Gasteiger charge is 2.64. The fraction of sp³-hybridized carbons (Fsp3) is 0.324. The first-order valence-corrected chi connectivity index (χ1v) is 14.4. The average Bonchev–Trinajstić information content (AvgIpc) is 3.52. The van der Waals surface area contributed by atoms with Crippen molar-refractivity contribution in [3.8, 4) is 17.0 Å². The number of pyridine rings is 1. The Morgan fingerprint density at radius 3 is 2.50 bits per heavy atom. The standard InChI is InChI=1S/C34H36N4O4/c1-37(2)26-16-17-38(21-26)33(40)34(20-29(34)32(39)36-41)19-23-12-14-27(15-13-23)42-22-25-18-31(24-8-4-3-5-9-24)35-30-11-7-6-10-28(25)30/h3-15,18,26,29,41H,16-17,19-22H2,1-2H3,(H,36,39)/t26-,29-,34+/m1/s1. The number of carbonyl (C=O) groups is 2. The minimum atomic E-state index is -0.833. The number of benzene rings is 3. The van der Waals surface area contributed by atoms with Crippen LogP contribution in [0.5, 0.6) is 5.75 Å². The molecule has 0 bridgehead atoms. The van der Waals surface area contributed by atoms with Crippen molar-refractivity contribution in [2.24, 2.45) is 11.3 Å². The zero-order chi connectivity index (χ0) is 29.3. The first kappa shape index (κ1) is 27.9. The monoisotopic (exact) mass is 564 g/mol. The summed E-state index contributed by atoms with van der Waals surface area (Å²) in [6, 6.07) is 28.3. The zero-order valence-electron chi connectivity index (χ0n) is 24.0. The molecule has 2 amide bonds. The molecule has 0 unspecified atom stereocenters. The maximum absolute atomic E-state index is 13.7. The number of fused-ring (bicyclic) bond motifs is 1. The van der Waals surface area contributed by atoms with Crippen molar-refractivity contribution in [1.29, 1.82) is 0 Å². The van der Waals surface area contributed by atoms with E-state index in [2.05, 4.69) is 29.2 Å². The van der Waals surface area contributed by atoms with Crippen molar-refractivity contribution in [2.75, 3.05) is 27.2 Å². The van der Waals surface area contributed by atoms with E-state index in [1.165, 1.54) is 0 Å². The molecule has 8 nitrogen and oxygen atoms in total. The van der Waals surface area contributed by atoms with Gasteiger partial charge in [-0.1, -0.05) is 60.7 Å². The number of aromatic nitrogens is 1. The molecule has 3 atom stereocenters. The van der Waals surface area contributed by atoms with Crippen molar-refractivity contribution in [3.05, 3.63) is 96.1 Å². The summed E-state index contributed by atoms with van der Waals surface area (Å²) < 4.78 is 6.23. The molecule has 0 radical (unpaired) electrons. The number of hydrogen-bond acceptors (Lipinski definition) is 6. The lowest BCUT2D eigenvalue weighted by molar-refractivity contribution is -0.140. The SMILES string of the molecule is CN(C)[C@@H]1CCN(C(=O)[C@@]2(Cc3ccc(OCc4cc(-c5ccccc5)nc5ccccc45)cc3)C[C@@H]2C(=O)NO)C1. The van der Waals surface area contributed by atoms with Crippen molar-refractivity contribution >= 4 is 22.7 Å². The lowest BCUT2D eigenvalue weighted by Crippen LogP contribution is -2.41. The molecule has 1 aliphatic heterocycles. The minimum Gasteiger partial charge on any atom is -0.489 e. The van der Waals surface area contributed by atoms with Gasteiger partial charge < -0.3 is 14.5 Å². The fourth-order valence-corrected chi connectivity index (χ4v) is 6.25. The topological polar surface area (TPSA) is 95.0 Å². The second-order valence-electron chi connectivity index (χ2n) is 11.7. The summed E-state index contributed by atoms with van der Waals surface area (Å²) in [5.74, 6) is -0.316. The summed E-state index contributed by atoms with van der Waals surface area (Å²) in [7, 11) is 4.05. The second-order valence-corrected chi connectivity index (χ2v) is 11.7. The molecular weight excluding hydrogens is 528 g/mol. The number of likely N-dealkylation sites (tertiary alicyclic amines) is 1. The second kappa shape index (κ2) is 11.5. The van der Waals surface area contributed by atoms with E-state index >= 15 is 0 Å². The molecule has 0 spiro atoms. The van der Waals surface area contributed by atoms with Gasteiger partial charge in [0.1, 0.15) is 12.4 Å². The van der Waals surface area contributed by atoms with Crippen LogP contribution in [0.3, 0.4) is 0 Å². The molecule has 3 aromatic carbocycles. The van der Waals surface area contributed by atoms with Gasteiger partial charge in [0, 0.05) is 35.6 Å². The minimum absolute atomic E-state index is 0.000406. The van der Waals surface area contributed by atoms with Crippen molar-refractivity contribution in [3.63, 3.8) is 0 Å². The first-order chi connectivity index (χ1) is 20.4. The Labute approximate surface area is 245 Å². The van der Waals surface area contributed by atoms with Crippen LogP contribution in [-0.2, 0) is 22.6 Å². The molecule has 1 saturated heterocycles. The molecule has 1 aliphatic carbocycles. The van der Waals surface area contributed by atoms with Gasteiger partial charge in [0.25, 0.3) is 0 Å². The van der Waals surface area contributed by atoms with Gasteiger partial charge in [-0.3, -0.25) is 14.8 Å². The Kier molecular flexibility index (Phi) is 7.66. The number of rotatable bonds is 9. The van der Waals surface area contributed by atoms with Crippen LogP contribution in [0.4, 0.5) is 0 Å². The lowest BCUT2D eigenvalue weighted by atomic mass is 9.92. The molecule has 2 heterocycles. The Morgan fingerprint density at radius 2 is 1.79 bits per heavy atom. The molecule has 2 fully saturated rings. The van der Waals surface area contributed by atoms with Crippen LogP contribution >= 0.6 is 0 Å². The number of nitrogens with zero attached hydrogens (tertiary/aromatic N) is 3. The van der Waals surface area contributed by atoms with Gasteiger partial charge in [0.05, 0.1) is 22.5 Å². The van der Waals surface area contributed by atoms with Crippen LogP contribution < -0.4 is 10.2 Å². The van der Waals surface area contributed by atoms with E-state index in [-0.39, 0.29) is 5.91 Å². The third-order valence-corrected chi connectivity index (χ3v) is 8.82. The molecule has 1 saturated carbocycles. The maximum atomic E-state index is 13.7. The maximum Gasteiger partial charge on any atom is 0.247 e. The van der Waals surface area contributed by atoms with Gasteiger partial charge in [-0.2, -0.15) is 0 Å². The van der Waals surface area contributed by atoms with Crippen molar-refractivity contribution in [2.45, 2.75) is 31.9 Å². The smallest absolute Gasteiger partial charge is 0.247 e. The van der Waals surface area contributed by atoms with E-state index in [4.69, 9.17) is 9.72 Å². The van der Waals surface area contributed by atoms with Crippen LogP contribution in [-0.4, -0.2) is 65.0 Å². The molecule has 4 aromatic rings. The number of hydrogen-bond donors (Lipinski definition) is 2. The van der Waals surface area contributed by atoms with E-state index in [9.17, 15) is 14.8 Å². The van der Waals surface area contributed by atoms with Crippen LogP contribution in [0.2, 0.25) is 0 Å². The van der Waals surface area contributed by atoms with Crippen molar-refractivity contribution in [1.82, 2.24) is 20.3 Å². The highest BCUT2D eigenvalue weighted by Crippen LogP contribution is 2.56. The summed E-state index contributed by atoms with van der Waals surface area (Å²) in [5, 5.41) is 10.3. The molecule has 8 heteroatoms.